The van der Waals surface area contributed by atoms with Gasteiger partial charge in [-0.15, -0.1) is 0 Å². The lowest BCUT2D eigenvalue weighted by molar-refractivity contribution is 0.289. The van der Waals surface area contributed by atoms with E-state index in [4.69, 9.17) is 4.74 Å². The van der Waals surface area contributed by atoms with E-state index in [2.05, 4.69) is 27.5 Å². The number of nitrogens with one attached hydrogen (secondary N) is 1. The third kappa shape index (κ3) is 4.04. The number of nitrogens with zero attached hydrogens (tertiary/aromatic N) is 3. The quantitative estimate of drug-likeness (QED) is 0.848. The number of hydrogen-bond acceptors (Lipinski definition) is 4. The third-order valence-corrected chi connectivity index (χ3v) is 3.63. The number of rotatable bonds is 7. The Balaban J connectivity index is 1.45. The summed E-state index contributed by atoms with van der Waals surface area (Å²) < 4.78 is 7.64. The molecule has 0 bridgehead atoms. The van der Waals surface area contributed by atoms with E-state index in [0.717, 1.165) is 36.5 Å². The molecular weight excluding hydrogens is 264 g/mol. The van der Waals surface area contributed by atoms with Gasteiger partial charge in [0.2, 0.25) is 0 Å². The van der Waals surface area contributed by atoms with Crippen LogP contribution in [0.3, 0.4) is 0 Å². The molecule has 1 fully saturated rings. The number of hydrogen-bond donors (Lipinski definition) is 1. The lowest BCUT2D eigenvalue weighted by Crippen LogP contribution is -2.15. The minimum absolute atomic E-state index is 0.601. The minimum Gasteiger partial charge on any atom is -0.492 e. The molecule has 0 unspecified atom stereocenters. The number of benzene rings is 1. The van der Waals surface area contributed by atoms with Gasteiger partial charge < -0.3 is 10.1 Å². The zero-order valence-corrected chi connectivity index (χ0v) is 12.7. The third-order valence-electron chi connectivity index (χ3n) is 3.63. The average molecular weight is 286 g/mol. The van der Waals surface area contributed by atoms with Crippen LogP contribution in [0, 0.1) is 13.8 Å². The monoisotopic (exact) mass is 286 g/mol. The largest absolute Gasteiger partial charge is 0.492 e. The molecule has 1 aromatic carbocycles. The molecule has 3 rings (SSSR count). The SMILES string of the molecule is Cc1nc(C)n(CCOc2ccc(CNC3CC3)cc2)n1. The molecule has 1 aromatic heterocycles. The Morgan fingerprint density at radius 3 is 2.62 bits per heavy atom. The summed E-state index contributed by atoms with van der Waals surface area (Å²) in [6.07, 6.45) is 2.64. The standard InChI is InChI=1S/C16H22N4O/c1-12-18-13(2)20(19-12)9-10-21-16-7-3-14(4-8-16)11-17-15-5-6-15/h3-4,7-8,15,17H,5-6,9-11H2,1-2H3. The van der Waals surface area contributed by atoms with Gasteiger partial charge in [-0.25, -0.2) is 9.67 Å². The van der Waals surface area contributed by atoms with Crippen molar-refractivity contribution in [2.24, 2.45) is 0 Å². The lowest BCUT2D eigenvalue weighted by Gasteiger charge is -2.08. The Bertz CT molecular complexity index is 587. The van der Waals surface area contributed by atoms with Crippen LogP contribution in [-0.2, 0) is 13.1 Å². The molecular formula is C16H22N4O. The fourth-order valence-corrected chi connectivity index (χ4v) is 2.28. The summed E-state index contributed by atoms with van der Waals surface area (Å²) in [7, 11) is 0. The average Bonchev–Trinajstić information content (AvgIpc) is 3.24. The highest BCUT2D eigenvalue weighted by molar-refractivity contribution is 5.27. The first kappa shape index (κ1) is 14.1. The van der Waals surface area contributed by atoms with Crippen LogP contribution in [0.5, 0.6) is 5.75 Å². The highest BCUT2D eigenvalue weighted by Gasteiger charge is 2.19. The molecule has 112 valence electrons. The molecule has 0 amide bonds. The minimum atomic E-state index is 0.601. The van der Waals surface area contributed by atoms with Crippen molar-refractivity contribution in [1.82, 2.24) is 20.1 Å². The molecule has 2 aromatic rings. The van der Waals surface area contributed by atoms with Crippen LogP contribution >= 0.6 is 0 Å². The first-order valence-electron chi connectivity index (χ1n) is 7.54. The normalized spacial score (nSPS) is 14.4. The van der Waals surface area contributed by atoms with Gasteiger partial charge in [0.1, 0.15) is 24.0 Å². The Morgan fingerprint density at radius 2 is 2.00 bits per heavy atom. The van der Waals surface area contributed by atoms with Crippen molar-refractivity contribution in [2.75, 3.05) is 6.61 Å². The maximum Gasteiger partial charge on any atom is 0.147 e. The molecule has 1 aliphatic carbocycles. The summed E-state index contributed by atoms with van der Waals surface area (Å²) in [6, 6.07) is 9.05. The van der Waals surface area contributed by atoms with Gasteiger partial charge >= 0.3 is 0 Å². The molecule has 5 heteroatoms. The van der Waals surface area contributed by atoms with Crippen molar-refractivity contribution in [3.05, 3.63) is 41.5 Å². The predicted octanol–water partition coefficient (Wildman–Crippen LogP) is 2.23. The van der Waals surface area contributed by atoms with Crippen molar-refractivity contribution in [1.29, 1.82) is 0 Å². The van der Waals surface area contributed by atoms with Gasteiger partial charge in [-0.1, -0.05) is 12.1 Å². The molecule has 1 heterocycles. The summed E-state index contributed by atoms with van der Waals surface area (Å²) >= 11 is 0. The second-order valence-electron chi connectivity index (χ2n) is 5.58. The summed E-state index contributed by atoms with van der Waals surface area (Å²) in [6.45, 7) is 6.13. The summed E-state index contributed by atoms with van der Waals surface area (Å²) in [5.41, 5.74) is 1.30. The molecule has 1 saturated carbocycles. The number of aromatic nitrogens is 3. The van der Waals surface area contributed by atoms with Crippen molar-refractivity contribution in [2.45, 2.75) is 45.8 Å². The van der Waals surface area contributed by atoms with Crippen LogP contribution in [-0.4, -0.2) is 27.4 Å². The van der Waals surface area contributed by atoms with E-state index in [0.29, 0.717) is 6.61 Å². The van der Waals surface area contributed by atoms with E-state index in [9.17, 15) is 0 Å². The maximum absolute atomic E-state index is 5.76. The Labute approximate surface area is 125 Å². The molecule has 1 N–H and O–H groups in total. The molecule has 0 saturated heterocycles. The van der Waals surface area contributed by atoms with E-state index >= 15 is 0 Å². The highest BCUT2D eigenvalue weighted by atomic mass is 16.5. The van der Waals surface area contributed by atoms with Gasteiger partial charge in [-0.3, -0.25) is 0 Å². The van der Waals surface area contributed by atoms with Crippen molar-refractivity contribution in [3.8, 4) is 5.75 Å². The summed E-state index contributed by atoms with van der Waals surface area (Å²) in [4.78, 5) is 4.28. The fraction of sp³-hybridized carbons (Fsp3) is 0.500. The van der Waals surface area contributed by atoms with Gasteiger partial charge in [0.25, 0.3) is 0 Å². The van der Waals surface area contributed by atoms with E-state index in [1.807, 2.05) is 30.7 Å². The zero-order chi connectivity index (χ0) is 14.7. The molecule has 0 atom stereocenters. The van der Waals surface area contributed by atoms with E-state index < -0.39 is 0 Å². The van der Waals surface area contributed by atoms with E-state index in [-0.39, 0.29) is 0 Å². The number of ether oxygens (including phenoxy) is 1. The molecule has 0 radical (unpaired) electrons. The molecule has 0 aliphatic heterocycles. The van der Waals surface area contributed by atoms with Gasteiger partial charge in [0.15, 0.2) is 0 Å². The van der Waals surface area contributed by atoms with Crippen LogP contribution in [0.15, 0.2) is 24.3 Å². The highest BCUT2D eigenvalue weighted by Crippen LogP contribution is 2.19. The number of aryl methyl sites for hydroxylation is 2. The second-order valence-corrected chi connectivity index (χ2v) is 5.58. The first-order chi connectivity index (χ1) is 10.2. The second kappa shape index (κ2) is 6.26. The van der Waals surface area contributed by atoms with Gasteiger partial charge in [0.05, 0.1) is 6.54 Å². The van der Waals surface area contributed by atoms with Crippen LogP contribution in [0.4, 0.5) is 0 Å². The summed E-state index contributed by atoms with van der Waals surface area (Å²) in [5.74, 6) is 2.64. The van der Waals surface area contributed by atoms with Gasteiger partial charge in [0, 0.05) is 12.6 Å². The van der Waals surface area contributed by atoms with Crippen molar-refractivity contribution >= 4 is 0 Å². The molecule has 21 heavy (non-hydrogen) atoms. The predicted molar refractivity (Wildman–Crippen MR) is 81.3 cm³/mol. The van der Waals surface area contributed by atoms with Gasteiger partial charge in [-0.05, 0) is 44.4 Å². The molecule has 1 aliphatic rings. The smallest absolute Gasteiger partial charge is 0.147 e. The Morgan fingerprint density at radius 1 is 1.24 bits per heavy atom. The van der Waals surface area contributed by atoms with Crippen molar-refractivity contribution in [3.63, 3.8) is 0 Å². The Hall–Kier alpha value is -1.88. The molecule has 5 nitrogen and oxygen atoms in total. The van der Waals surface area contributed by atoms with Crippen LogP contribution < -0.4 is 10.1 Å². The van der Waals surface area contributed by atoms with E-state index in [1.54, 1.807) is 0 Å². The maximum atomic E-state index is 5.76. The van der Waals surface area contributed by atoms with Crippen LogP contribution in [0.25, 0.3) is 0 Å². The lowest BCUT2D eigenvalue weighted by atomic mass is 10.2. The van der Waals surface area contributed by atoms with Gasteiger partial charge in [-0.2, -0.15) is 5.10 Å². The van der Waals surface area contributed by atoms with Crippen LogP contribution in [0.2, 0.25) is 0 Å². The Kier molecular flexibility index (Phi) is 4.20. The molecule has 0 spiro atoms. The van der Waals surface area contributed by atoms with Crippen LogP contribution in [0.1, 0.15) is 30.1 Å². The van der Waals surface area contributed by atoms with Crippen molar-refractivity contribution < 1.29 is 4.74 Å². The first-order valence-corrected chi connectivity index (χ1v) is 7.54. The van der Waals surface area contributed by atoms with E-state index in [1.165, 1.54) is 18.4 Å². The fourth-order valence-electron chi connectivity index (χ4n) is 2.28. The zero-order valence-electron chi connectivity index (χ0n) is 12.7. The topological polar surface area (TPSA) is 52.0 Å². The summed E-state index contributed by atoms with van der Waals surface area (Å²) in [5, 5.41) is 7.83.